The minimum absolute atomic E-state index is 0.0802. The van der Waals surface area contributed by atoms with Gasteiger partial charge in [0.05, 0.1) is 18.0 Å². The van der Waals surface area contributed by atoms with Gasteiger partial charge < -0.3 is 10.1 Å². The Balaban J connectivity index is 2.54. The molecular formula is C12H18N4O5. The number of nitrogens with zero attached hydrogens (tertiary/aromatic N) is 3. The second-order valence-electron chi connectivity index (χ2n) is 4.34. The molecule has 0 aromatic carbocycles. The number of hydrogen-bond donors (Lipinski definition) is 1. The van der Waals surface area contributed by atoms with Crippen molar-refractivity contribution in [2.24, 2.45) is 0 Å². The molecule has 0 aliphatic rings. The van der Waals surface area contributed by atoms with Crippen molar-refractivity contribution in [2.45, 2.75) is 33.7 Å². The minimum atomic E-state index is -0.521. The van der Waals surface area contributed by atoms with E-state index in [0.29, 0.717) is 12.3 Å². The normalized spacial score (nSPS) is 10.2. The predicted octanol–water partition coefficient (Wildman–Crippen LogP) is 0.478. The van der Waals surface area contributed by atoms with Gasteiger partial charge in [-0.15, -0.1) is 0 Å². The van der Waals surface area contributed by atoms with Gasteiger partial charge in [-0.3, -0.25) is 24.4 Å². The molecule has 9 nitrogen and oxygen atoms in total. The lowest BCUT2D eigenvalue weighted by molar-refractivity contribution is -0.386. The average molecular weight is 298 g/mol. The van der Waals surface area contributed by atoms with Crippen LogP contribution in [0.4, 0.5) is 5.69 Å². The van der Waals surface area contributed by atoms with Crippen LogP contribution in [0, 0.1) is 24.0 Å². The van der Waals surface area contributed by atoms with Crippen molar-refractivity contribution in [3.05, 3.63) is 21.5 Å². The van der Waals surface area contributed by atoms with Gasteiger partial charge in [0.15, 0.2) is 0 Å². The summed E-state index contributed by atoms with van der Waals surface area (Å²) in [6.07, 6.45) is 0.0802. The Hall–Kier alpha value is -2.45. The monoisotopic (exact) mass is 298 g/mol. The van der Waals surface area contributed by atoms with Crippen LogP contribution < -0.4 is 5.32 Å². The van der Waals surface area contributed by atoms with Crippen LogP contribution in [0.15, 0.2) is 0 Å². The number of amides is 1. The Morgan fingerprint density at radius 2 is 2.10 bits per heavy atom. The number of aromatic nitrogens is 2. The van der Waals surface area contributed by atoms with Gasteiger partial charge >= 0.3 is 11.7 Å². The molecule has 0 fully saturated rings. The summed E-state index contributed by atoms with van der Waals surface area (Å²) >= 11 is 0. The molecule has 1 rings (SSSR count). The van der Waals surface area contributed by atoms with Gasteiger partial charge in [-0.2, -0.15) is 5.10 Å². The van der Waals surface area contributed by atoms with E-state index < -0.39 is 4.92 Å². The van der Waals surface area contributed by atoms with Crippen molar-refractivity contribution < 1.29 is 19.2 Å². The lowest BCUT2D eigenvalue weighted by Crippen LogP contribution is -2.30. The van der Waals surface area contributed by atoms with Crippen molar-refractivity contribution in [3.8, 4) is 0 Å². The van der Waals surface area contributed by atoms with Gasteiger partial charge in [0.2, 0.25) is 5.91 Å². The van der Waals surface area contributed by atoms with Crippen LogP contribution in [0.2, 0.25) is 0 Å². The van der Waals surface area contributed by atoms with Gasteiger partial charge in [0.25, 0.3) is 0 Å². The average Bonchev–Trinajstić information content (AvgIpc) is 2.64. The molecule has 0 atom stereocenters. The Kier molecular flexibility index (Phi) is 5.82. The third kappa shape index (κ3) is 4.55. The maximum absolute atomic E-state index is 11.7. The van der Waals surface area contributed by atoms with Crippen molar-refractivity contribution in [3.63, 3.8) is 0 Å². The molecule has 116 valence electrons. The zero-order valence-corrected chi connectivity index (χ0v) is 12.2. The molecule has 0 unspecified atom stereocenters. The van der Waals surface area contributed by atoms with E-state index in [1.165, 1.54) is 18.5 Å². The molecule has 0 aliphatic heterocycles. The molecule has 0 bridgehead atoms. The van der Waals surface area contributed by atoms with Gasteiger partial charge in [-0.05, 0) is 20.8 Å². The quantitative estimate of drug-likeness (QED) is 0.444. The molecule has 1 aromatic heterocycles. The summed E-state index contributed by atoms with van der Waals surface area (Å²) in [5, 5.41) is 17.4. The molecule has 0 saturated carbocycles. The number of nitrogens with one attached hydrogen (secondary N) is 1. The summed E-state index contributed by atoms with van der Waals surface area (Å²) in [6.45, 7) is 5.06. The highest BCUT2D eigenvalue weighted by Gasteiger charge is 2.22. The molecule has 9 heteroatoms. The second kappa shape index (κ2) is 7.36. The maximum atomic E-state index is 11.7. The molecule has 0 radical (unpaired) electrons. The minimum Gasteiger partial charge on any atom is -0.466 e. The standard InChI is InChI=1S/C12H18N4O5/c1-4-21-11(18)5-6-13-10(17)7-15-9(3)12(16(19)20)8(2)14-15/h4-7H2,1-3H3,(H,13,17). The first kappa shape index (κ1) is 16.6. The molecule has 0 aliphatic carbocycles. The van der Waals surface area contributed by atoms with E-state index >= 15 is 0 Å². The molecule has 21 heavy (non-hydrogen) atoms. The fourth-order valence-electron chi connectivity index (χ4n) is 1.83. The van der Waals surface area contributed by atoms with Crippen LogP contribution in [0.3, 0.4) is 0 Å². The topological polar surface area (TPSA) is 116 Å². The summed E-state index contributed by atoms with van der Waals surface area (Å²) in [5.41, 5.74) is 0.490. The number of esters is 1. The molecule has 1 amide bonds. The largest absolute Gasteiger partial charge is 0.466 e. The number of carbonyl (C=O) groups is 2. The van der Waals surface area contributed by atoms with Crippen LogP contribution in [0.1, 0.15) is 24.7 Å². The second-order valence-corrected chi connectivity index (χ2v) is 4.34. The zero-order valence-electron chi connectivity index (χ0n) is 12.2. The third-order valence-corrected chi connectivity index (χ3v) is 2.78. The molecule has 1 aromatic rings. The van der Waals surface area contributed by atoms with E-state index in [1.807, 2.05) is 0 Å². The Bertz CT molecular complexity index is 552. The molecule has 0 saturated heterocycles. The SMILES string of the molecule is CCOC(=O)CCNC(=O)Cn1nc(C)c([N+](=O)[O-])c1C. The summed E-state index contributed by atoms with van der Waals surface area (Å²) in [5.74, 6) is -0.764. The van der Waals surface area contributed by atoms with E-state index in [9.17, 15) is 19.7 Å². The van der Waals surface area contributed by atoms with Crippen LogP contribution in [-0.2, 0) is 20.9 Å². The van der Waals surface area contributed by atoms with Gasteiger partial charge in [-0.25, -0.2) is 0 Å². The van der Waals surface area contributed by atoms with Crippen molar-refractivity contribution in [2.75, 3.05) is 13.2 Å². The van der Waals surface area contributed by atoms with Crippen molar-refractivity contribution in [1.29, 1.82) is 0 Å². The van der Waals surface area contributed by atoms with Gasteiger partial charge in [0, 0.05) is 6.54 Å². The number of hydrogen-bond acceptors (Lipinski definition) is 6. The highest BCUT2D eigenvalue weighted by Crippen LogP contribution is 2.21. The lowest BCUT2D eigenvalue weighted by atomic mass is 10.3. The first-order valence-electron chi connectivity index (χ1n) is 6.47. The lowest BCUT2D eigenvalue weighted by Gasteiger charge is -2.06. The third-order valence-electron chi connectivity index (χ3n) is 2.78. The summed E-state index contributed by atoms with van der Waals surface area (Å²) < 4.78 is 5.99. The first-order valence-corrected chi connectivity index (χ1v) is 6.47. The maximum Gasteiger partial charge on any atom is 0.312 e. The highest BCUT2D eigenvalue weighted by molar-refractivity contribution is 5.77. The van der Waals surface area contributed by atoms with E-state index in [1.54, 1.807) is 6.92 Å². The summed E-state index contributed by atoms with van der Waals surface area (Å²) in [6, 6.07) is 0. The number of ether oxygens (including phenoxy) is 1. The smallest absolute Gasteiger partial charge is 0.312 e. The number of aryl methyl sites for hydroxylation is 1. The predicted molar refractivity (Wildman–Crippen MR) is 72.6 cm³/mol. The van der Waals surface area contributed by atoms with Crippen LogP contribution in [0.5, 0.6) is 0 Å². The van der Waals surface area contributed by atoms with Crippen molar-refractivity contribution in [1.82, 2.24) is 15.1 Å². The number of rotatable bonds is 7. The fraction of sp³-hybridized carbons (Fsp3) is 0.583. The first-order chi connectivity index (χ1) is 9.86. The Labute approximate surface area is 121 Å². The Morgan fingerprint density at radius 1 is 1.43 bits per heavy atom. The van der Waals surface area contributed by atoms with E-state index in [0.717, 1.165) is 0 Å². The van der Waals surface area contributed by atoms with Crippen LogP contribution >= 0.6 is 0 Å². The van der Waals surface area contributed by atoms with E-state index in [-0.39, 0.29) is 42.8 Å². The zero-order chi connectivity index (χ0) is 16.0. The van der Waals surface area contributed by atoms with Gasteiger partial charge in [0.1, 0.15) is 17.9 Å². The summed E-state index contributed by atoms with van der Waals surface area (Å²) in [4.78, 5) is 33.1. The van der Waals surface area contributed by atoms with E-state index in [2.05, 4.69) is 10.4 Å². The number of nitro groups is 1. The Morgan fingerprint density at radius 3 is 2.62 bits per heavy atom. The van der Waals surface area contributed by atoms with Crippen LogP contribution in [0.25, 0.3) is 0 Å². The van der Waals surface area contributed by atoms with Gasteiger partial charge in [-0.1, -0.05) is 0 Å². The molecule has 0 spiro atoms. The fourth-order valence-corrected chi connectivity index (χ4v) is 1.83. The van der Waals surface area contributed by atoms with E-state index in [4.69, 9.17) is 4.74 Å². The molecule has 1 heterocycles. The summed E-state index contributed by atoms with van der Waals surface area (Å²) in [7, 11) is 0. The van der Waals surface area contributed by atoms with Crippen molar-refractivity contribution >= 4 is 17.6 Å². The highest BCUT2D eigenvalue weighted by atomic mass is 16.6. The number of carbonyl (C=O) groups excluding carboxylic acids is 2. The molecule has 1 N–H and O–H groups in total. The van der Waals surface area contributed by atoms with Crippen LogP contribution in [-0.4, -0.2) is 39.7 Å². The molecular weight excluding hydrogens is 280 g/mol.